The first kappa shape index (κ1) is 20.4. The molecule has 0 radical (unpaired) electrons. The maximum Gasteiger partial charge on any atom is 0.163 e. The van der Waals surface area contributed by atoms with Crippen molar-refractivity contribution in [2.24, 2.45) is 0 Å². The van der Waals surface area contributed by atoms with Crippen LogP contribution < -0.4 is 11.1 Å². The molecule has 1 aliphatic heterocycles. The second-order valence-electron chi connectivity index (χ2n) is 8.40. The monoisotopic (exact) mass is 425 g/mol. The van der Waals surface area contributed by atoms with E-state index in [9.17, 15) is 4.79 Å². The quantitative estimate of drug-likeness (QED) is 0.451. The van der Waals surface area contributed by atoms with Gasteiger partial charge in [0.05, 0.1) is 0 Å². The van der Waals surface area contributed by atoms with Gasteiger partial charge in [-0.05, 0) is 55.6 Å². The third kappa shape index (κ3) is 4.01. The van der Waals surface area contributed by atoms with Crippen LogP contribution in [0.15, 0.2) is 67.0 Å². The molecular weight excluding hydrogens is 398 g/mol. The van der Waals surface area contributed by atoms with Crippen molar-refractivity contribution in [2.75, 3.05) is 18.8 Å². The minimum Gasteiger partial charge on any atom is -0.382 e. The summed E-state index contributed by atoms with van der Waals surface area (Å²) >= 11 is 0. The number of fused-ring (bicyclic) bond motifs is 1. The molecule has 0 aliphatic carbocycles. The Morgan fingerprint density at radius 3 is 2.69 bits per heavy atom. The fourth-order valence-electron chi connectivity index (χ4n) is 4.63. The van der Waals surface area contributed by atoms with Crippen LogP contribution in [-0.2, 0) is 6.42 Å². The predicted octanol–water partition coefficient (Wildman–Crippen LogP) is 4.26. The number of hydrogen-bond donors (Lipinski definition) is 2. The fourth-order valence-corrected chi connectivity index (χ4v) is 4.63. The van der Waals surface area contributed by atoms with Crippen LogP contribution in [0.3, 0.4) is 0 Å². The molecule has 1 saturated heterocycles. The molecule has 6 nitrogen and oxygen atoms in total. The first-order valence-corrected chi connectivity index (χ1v) is 11.2. The molecule has 162 valence electrons. The van der Waals surface area contributed by atoms with Gasteiger partial charge in [0.15, 0.2) is 11.6 Å². The normalized spacial score (nSPS) is 14.6. The first-order chi connectivity index (χ1) is 15.7. The SMILES string of the molecule is Nc1ncnn2c(C3CCNCC3)cc(-c3cccc(C(=O)CCc4ccccc4)c3)c12. The Morgan fingerprint density at radius 2 is 1.88 bits per heavy atom. The second kappa shape index (κ2) is 8.93. The van der Waals surface area contributed by atoms with Crippen molar-refractivity contribution >= 4 is 17.1 Å². The third-order valence-electron chi connectivity index (χ3n) is 6.35. The zero-order valence-electron chi connectivity index (χ0n) is 18.0. The van der Waals surface area contributed by atoms with E-state index in [4.69, 9.17) is 5.73 Å². The number of aryl methyl sites for hydroxylation is 1. The number of ketones is 1. The van der Waals surface area contributed by atoms with Crippen molar-refractivity contribution in [1.29, 1.82) is 0 Å². The van der Waals surface area contributed by atoms with E-state index >= 15 is 0 Å². The lowest BCUT2D eigenvalue weighted by Gasteiger charge is -2.22. The highest BCUT2D eigenvalue weighted by Crippen LogP contribution is 2.36. The molecule has 0 atom stereocenters. The number of aromatic nitrogens is 3. The molecule has 4 aromatic rings. The van der Waals surface area contributed by atoms with E-state index in [0.717, 1.165) is 60.3 Å². The van der Waals surface area contributed by atoms with Gasteiger partial charge in [-0.3, -0.25) is 4.79 Å². The van der Waals surface area contributed by atoms with E-state index in [1.54, 1.807) is 0 Å². The van der Waals surface area contributed by atoms with Gasteiger partial charge in [-0.2, -0.15) is 5.10 Å². The molecule has 3 heterocycles. The van der Waals surface area contributed by atoms with Crippen molar-refractivity contribution in [2.45, 2.75) is 31.6 Å². The molecule has 2 aromatic carbocycles. The Balaban J connectivity index is 1.48. The Labute approximate surface area is 187 Å². The highest BCUT2D eigenvalue weighted by atomic mass is 16.1. The number of Topliss-reactive ketones (excluding diaryl/α,β-unsaturated/α-hetero) is 1. The molecule has 5 rings (SSSR count). The zero-order valence-corrected chi connectivity index (χ0v) is 18.0. The number of anilines is 1. The average molecular weight is 426 g/mol. The molecule has 1 aliphatic rings. The van der Waals surface area contributed by atoms with Gasteiger partial charge in [0.2, 0.25) is 0 Å². The fraction of sp³-hybridized carbons (Fsp3) is 0.269. The summed E-state index contributed by atoms with van der Waals surface area (Å²) in [5.41, 5.74) is 12.1. The van der Waals surface area contributed by atoms with Crippen molar-refractivity contribution in [1.82, 2.24) is 19.9 Å². The predicted molar refractivity (Wildman–Crippen MR) is 127 cm³/mol. The second-order valence-corrected chi connectivity index (χ2v) is 8.40. The highest BCUT2D eigenvalue weighted by Gasteiger charge is 2.23. The summed E-state index contributed by atoms with van der Waals surface area (Å²) in [4.78, 5) is 17.2. The summed E-state index contributed by atoms with van der Waals surface area (Å²) < 4.78 is 1.94. The van der Waals surface area contributed by atoms with E-state index in [0.29, 0.717) is 18.2 Å². The minimum atomic E-state index is 0.141. The van der Waals surface area contributed by atoms with Crippen LogP contribution in [0, 0.1) is 0 Å². The number of hydrogen-bond acceptors (Lipinski definition) is 5. The molecule has 2 aromatic heterocycles. The average Bonchev–Trinajstić information content (AvgIpc) is 3.25. The summed E-state index contributed by atoms with van der Waals surface area (Å²) in [5.74, 6) is 1.01. The molecule has 0 saturated carbocycles. The van der Waals surface area contributed by atoms with Gasteiger partial charge in [0, 0.05) is 29.2 Å². The molecular formula is C26H27N5O. The van der Waals surface area contributed by atoms with Gasteiger partial charge < -0.3 is 11.1 Å². The van der Waals surface area contributed by atoms with E-state index in [1.165, 1.54) is 11.9 Å². The number of carbonyl (C=O) groups is 1. The van der Waals surface area contributed by atoms with Crippen LogP contribution in [0.2, 0.25) is 0 Å². The molecule has 0 bridgehead atoms. The smallest absolute Gasteiger partial charge is 0.163 e. The number of nitrogens with two attached hydrogens (primary N) is 1. The van der Waals surface area contributed by atoms with Gasteiger partial charge in [0.1, 0.15) is 11.8 Å². The van der Waals surface area contributed by atoms with E-state index in [2.05, 4.69) is 33.6 Å². The molecule has 6 heteroatoms. The van der Waals surface area contributed by atoms with Crippen LogP contribution in [0.4, 0.5) is 5.82 Å². The number of nitrogens with zero attached hydrogens (tertiary/aromatic N) is 3. The number of benzene rings is 2. The van der Waals surface area contributed by atoms with Gasteiger partial charge in [-0.1, -0.05) is 48.5 Å². The van der Waals surface area contributed by atoms with Crippen LogP contribution in [0.5, 0.6) is 0 Å². The van der Waals surface area contributed by atoms with E-state index in [1.807, 2.05) is 47.0 Å². The van der Waals surface area contributed by atoms with Crippen molar-refractivity contribution < 1.29 is 4.79 Å². The largest absolute Gasteiger partial charge is 0.382 e. The number of carbonyl (C=O) groups excluding carboxylic acids is 1. The lowest BCUT2D eigenvalue weighted by molar-refractivity contribution is 0.0983. The highest BCUT2D eigenvalue weighted by molar-refractivity contribution is 5.98. The van der Waals surface area contributed by atoms with Gasteiger partial charge in [-0.25, -0.2) is 9.50 Å². The summed E-state index contributed by atoms with van der Waals surface area (Å²) in [6, 6.07) is 20.1. The van der Waals surface area contributed by atoms with Crippen LogP contribution in [0.1, 0.15) is 46.8 Å². The summed E-state index contributed by atoms with van der Waals surface area (Å²) in [6.07, 6.45) is 4.86. The minimum absolute atomic E-state index is 0.141. The van der Waals surface area contributed by atoms with Gasteiger partial charge in [0.25, 0.3) is 0 Å². The summed E-state index contributed by atoms with van der Waals surface area (Å²) in [6.45, 7) is 2.00. The van der Waals surface area contributed by atoms with Crippen molar-refractivity contribution in [3.63, 3.8) is 0 Å². The number of piperidine rings is 1. The summed E-state index contributed by atoms with van der Waals surface area (Å²) in [5, 5.41) is 7.94. The first-order valence-electron chi connectivity index (χ1n) is 11.2. The van der Waals surface area contributed by atoms with E-state index in [-0.39, 0.29) is 5.78 Å². The van der Waals surface area contributed by atoms with Crippen LogP contribution in [0.25, 0.3) is 16.6 Å². The van der Waals surface area contributed by atoms with Crippen molar-refractivity contribution in [3.8, 4) is 11.1 Å². The third-order valence-corrected chi connectivity index (χ3v) is 6.35. The zero-order chi connectivity index (χ0) is 21.9. The Kier molecular flexibility index (Phi) is 5.69. The number of nitrogen functional groups attached to an aromatic ring is 1. The number of nitrogens with one attached hydrogen (secondary N) is 1. The Hall–Kier alpha value is -3.51. The maximum atomic E-state index is 12.9. The molecule has 0 amide bonds. The van der Waals surface area contributed by atoms with Gasteiger partial charge in [-0.15, -0.1) is 0 Å². The standard InChI is InChI=1S/C26H27N5O/c27-26-25-22(16-23(31(25)30-17-29-26)19-11-13-28-14-12-19)20-7-4-8-21(15-20)24(32)10-9-18-5-2-1-3-6-18/h1-8,15-17,19,28H,9-14H2,(H2,27,29,30). The molecule has 1 fully saturated rings. The maximum absolute atomic E-state index is 12.9. The lowest BCUT2D eigenvalue weighted by atomic mass is 9.93. The molecule has 3 N–H and O–H groups in total. The van der Waals surface area contributed by atoms with Crippen molar-refractivity contribution in [3.05, 3.63) is 83.8 Å². The number of rotatable bonds is 6. The molecule has 0 unspecified atom stereocenters. The van der Waals surface area contributed by atoms with E-state index < -0.39 is 0 Å². The molecule has 0 spiro atoms. The van der Waals surface area contributed by atoms with Crippen LogP contribution >= 0.6 is 0 Å². The topological polar surface area (TPSA) is 85.3 Å². The summed E-state index contributed by atoms with van der Waals surface area (Å²) in [7, 11) is 0. The lowest BCUT2D eigenvalue weighted by Crippen LogP contribution is -2.27. The van der Waals surface area contributed by atoms with Gasteiger partial charge >= 0.3 is 0 Å². The molecule has 32 heavy (non-hydrogen) atoms. The Morgan fingerprint density at radius 1 is 1.06 bits per heavy atom. The van der Waals surface area contributed by atoms with Crippen LogP contribution in [-0.4, -0.2) is 33.5 Å². The Bertz CT molecular complexity index is 1240.